The summed E-state index contributed by atoms with van der Waals surface area (Å²) in [5.41, 5.74) is 1.13. The van der Waals surface area contributed by atoms with Crippen molar-refractivity contribution in [1.82, 2.24) is 4.98 Å². The van der Waals surface area contributed by atoms with Crippen LogP contribution >= 0.6 is 15.9 Å². The summed E-state index contributed by atoms with van der Waals surface area (Å²) in [6.07, 6.45) is 4.18. The Kier molecular flexibility index (Phi) is 5.12. The predicted octanol–water partition coefficient (Wildman–Crippen LogP) is 3.20. The van der Waals surface area contributed by atoms with Crippen LogP contribution in [0.5, 0.6) is 0 Å². The Morgan fingerprint density at radius 1 is 1.43 bits per heavy atom. The standard InChI is InChI=1S/C11H16BrNO/c1-9(2)14-7-3-4-11-6-5-10(12)8-13-11/h5-6,8-9H,3-4,7H2,1-2H3. The molecule has 0 saturated carbocycles. The SMILES string of the molecule is CC(C)OCCCc1ccc(Br)cn1. The van der Waals surface area contributed by atoms with Crippen molar-refractivity contribution in [2.45, 2.75) is 32.8 Å². The fourth-order valence-electron chi connectivity index (χ4n) is 1.13. The van der Waals surface area contributed by atoms with Gasteiger partial charge in [0.2, 0.25) is 0 Å². The van der Waals surface area contributed by atoms with Gasteiger partial charge in [-0.1, -0.05) is 0 Å². The van der Waals surface area contributed by atoms with Crippen LogP contribution in [0.1, 0.15) is 26.0 Å². The molecule has 0 saturated heterocycles. The van der Waals surface area contributed by atoms with E-state index in [-0.39, 0.29) is 0 Å². The van der Waals surface area contributed by atoms with E-state index in [1.807, 2.05) is 18.3 Å². The number of hydrogen-bond donors (Lipinski definition) is 0. The van der Waals surface area contributed by atoms with Crippen molar-refractivity contribution in [3.8, 4) is 0 Å². The molecule has 1 aromatic heterocycles. The monoisotopic (exact) mass is 257 g/mol. The maximum atomic E-state index is 5.45. The van der Waals surface area contributed by atoms with Crippen LogP contribution in [0.15, 0.2) is 22.8 Å². The lowest BCUT2D eigenvalue weighted by atomic mass is 10.2. The lowest BCUT2D eigenvalue weighted by Gasteiger charge is -2.06. The molecule has 0 aliphatic carbocycles. The molecule has 78 valence electrons. The molecule has 0 aliphatic heterocycles. The van der Waals surface area contributed by atoms with Crippen LogP contribution in [0.2, 0.25) is 0 Å². The molecule has 0 N–H and O–H groups in total. The van der Waals surface area contributed by atoms with Gasteiger partial charge in [-0.25, -0.2) is 0 Å². The fourth-order valence-corrected chi connectivity index (χ4v) is 1.36. The molecule has 0 unspecified atom stereocenters. The number of rotatable bonds is 5. The topological polar surface area (TPSA) is 22.1 Å². The summed E-state index contributed by atoms with van der Waals surface area (Å²) in [7, 11) is 0. The molecule has 0 fully saturated rings. The van der Waals surface area contributed by atoms with Gasteiger partial charge in [0.15, 0.2) is 0 Å². The average molecular weight is 258 g/mol. The molecular weight excluding hydrogens is 242 g/mol. The summed E-state index contributed by atoms with van der Waals surface area (Å²) < 4.78 is 6.48. The highest BCUT2D eigenvalue weighted by Gasteiger charge is 1.96. The summed E-state index contributed by atoms with van der Waals surface area (Å²) >= 11 is 3.36. The van der Waals surface area contributed by atoms with E-state index in [0.717, 1.165) is 29.6 Å². The molecule has 0 atom stereocenters. The Hall–Kier alpha value is -0.410. The molecule has 1 rings (SSSR count). The number of pyridine rings is 1. The van der Waals surface area contributed by atoms with E-state index < -0.39 is 0 Å². The lowest BCUT2D eigenvalue weighted by molar-refractivity contribution is 0.0770. The van der Waals surface area contributed by atoms with Crippen molar-refractivity contribution in [2.24, 2.45) is 0 Å². The second-order valence-corrected chi connectivity index (χ2v) is 4.41. The van der Waals surface area contributed by atoms with Crippen LogP contribution in [0.25, 0.3) is 0 Å². The van der Waals surface area contributed by atoms with Gasteiger partial charge in [0.05, 0.1) is 6.10 Å². The first-order valence-electron chi connectivity index (χ1n) is 4.90. The molecule has 2 nitrogen and oxygen atoms in total. The van der Waals surface area contributed by atoms with Gasteiger partial charge in [-0.3, -0.25) is 4.98 Å². The summed E-state index contributed by atoms with van der Waals surface area (Å²) in [6.45, 7) is 4.92. The minimum atomic E-state index is 0.327. The van der Waals surface area contributed by atoms with Crippen LogP contribution in [0.3, 0.4) is 0 Å². The Morgan fingerprint density at radius 2 is 2.21 bits per heavy atom. The zero-order valence-corrected chi connectivity index (χ0v) is 10.3. The second-order valence-electron chi connectivity index (χ2n) is 3.49. The first kappa shape index (κ1) is 11.7. The van der Waals surface area contributed by atoms with Crippen molar-refractivity contribution in [2.75, 3.05) is 6.61 Å². The third-order valence-corrected chi connectivity index (χ3v) is 2.29. The summed E-state index contributed by atoms with van der Waals surface area (Å²) in [5, 5.41) is 0. The molecule has 0 radical (unpaired) electrons. The molecule has 0 aliphatic rings. The Balaban J connectivity index is 2.21. The normalized spacial score (nSPS) is 10.9. The van der Waals surface area contributed by atoms with Crippen molar-refractivity contribution in [1.29, 1.82) is 0 Å². The minimum Gasteiger partial charge on any atom is -0.379 e. The van der Waals surface area contributed by atoms with Gasteiger partial charge >= 0.3 is 0 Å². The third kappa shape index (κ3) is 4.72. The van der Waals surface area contributed by atoms with Crippen molar-refractivity contribution < 1.29 is 4.74 Å². The number of ether oxygens (including phenoxy) is 1. The Bertz CT molecular complexity index is 258. The van der Waals surface area contributed by atoms with Gasteiger partial charge in [-0.2, -0.15) is 0 Å². The van der Waals surface area contributed by atoms with E-state index in [9.17, 15) is 0 Å². The molecule has 1 aromatic rings. The minimum absolute atomic E-state index is 0.327. The van der Waals surface area contributed by atoms with Gasteiger partial charge in [0.25, 0.3) is 0 Å². The number of aromatic nitrogens is 1. The van der Waals surface area contributed by atoms with E-state index in [1.165, 1.54) is 0 Å². The molecular formula is C11H16BrNO. The first-order valence-corrected chi connectivity index (χ1v) is 5.70. The van der Waals surface area contributed by atoms with Gasteiger partial charge in [0.1, 0.15) is 0 Å². The van der Waals surface area contributed by atoms with E-state index >= 15 is 0 Å². The van der Waals surface area contributed by atoms with Gasteiger partial charge < -0.3 is 4.74 Å². The highest BCUT2D eigenvalue weighted by Crippen LogP contribution is 2.08. The van der Waals surface area contributed by atoms with Crippen molar-refractivity contribution >= 4 is 15.9 Å². The smallest absolute Gasteiger partial charge is 0.0518 e. The first-order chi connectivity index (χ1) is 6.68. The molecule has 0 spiro atoms. The number of nitrogens with zero attached hydrogens (tertiary/aromatic N) is 1. The predicted molar refractivity (Wildman–Crippen MR) is 61.3 cm³/mol. The highest BCUT2D eigenvalue weighted by atomic mass is 79.9. The van der Waals surface area contributed by atoms with Crippen LogP contribution < -0.4 is 0 Å². The van der Waals surface area contributed by atoms with E-state index in [1.54, 1.807) is 0 Å². The van der Waals surface area contributed by atoms with Gasteiger partial charge in [-0.05, 0) is 54.8 Å². The van der Waals surface area contributed by atoms with Crippen LogP contribution in [0, 0.1) is 0 Å². The number of aryl methyl sites for hydroxylation is 1. The number of halogens is 1. The molecule has 0 aromatic carbocycles. The van der Waals surface area contributed by atoms with E-state index in [2.05, 4.69) is 34.8 Å². The summed E-state index contributed by atoms with van der Waals surface area (Å²) in [4.78, 5) is 4.29. The Labute approximate surface area is 93.8 Å². The molecule has 0 amide bonds. The number of hydrogen-bond acceptors (Lipinski definition) is 2. The zero-order valence-electron chi connectivity index (χ0n) is 8.66. The maximum Gasteiger partial charge on any atom is 0.0518 e. The average Bonchev–Trinajstić information content (AvgIpc) is 2.15. The zero-order chi connectivity index (χ0) is 10.4. The highest BCUT2D eigenvalue weighted by molar-refractivity contribution is 9.10. The quantitative estimate of drug-likeness (QED) is 0.756. The molecule has 3 heteroatoms. The van der Waals surface area contributed by atoms with E-state index in [0.29, 0.717) is 6.10 Å². The second kappa shape index (κ2) is 6.14. The van der Waals surface area contributed by atoms with Crippen molar-refractivity contribution in [3.05, 3.63) is 28.5 Å². The fraction of sp³-hybridized carbons (Fsp3) is 0.545. The van der Waals surface area contributed by atoms with Crippen LogP contribution in [0.4, 0.5) is 0 Å². The van der Waals surface area contributed by atoms with Crippen LogP contribution in [-0.4, -0.2) is 17.7 Å². The Morgan fingerprint density at radius 3 is 2.79 bits per heavy atom. The lowest BCUT2D eigenvalue weighted by Crippen LogP contribution is -2.05. The molecule has 0 bridgehead atoms. The summed E-state index contributed by atoms with van der Waals surface area (Å²) in [5.74, 6) is 0. The van der Waals surface area contributed by atoms with Crippen molar-refractivity contribution in [3.63, 3.8) is 0 Å². The molecule has 14 heavy (non-hydrogen) atoms. The summed E-state index contributed by atoms with van der Waals surface area (Å²) in [6, 6.07) is 4.06. The van der Waals surface area contributed by atoms with Gasteiger partial charge in [0, 0.05) is 23.0 Å². The van der Waals surface area contributed by atoms with Crippen LogP contribution in [-0.2, 0) is 11.2 Å². The maximum absolute atomic E-state index is 5.45. The molecule has 1 heterocycles. The third-order valence-electron chi connectivity index (χ3n) is 1.82. The largest absolute Gasteiger partial charge is 0.379 e. The van der Waals surface area contributed by atoms with E-state index in [4.69, 9.17) is 4.74 Å². The van der Waals surface area contributed by atoms with Gasteiger partial charge in [-0.15, -0.1) is 0 Å².